The van der Waals surface area contributed by atoms with Gasteiger partial charge in [0, 0.05) is 34.0 Å². The number of nitrogens with one attached hydrogen (secondary N) is 1. The van der Waals surface area contributed by atoms with Crippen LogP contribution in [0.1, 0.15) is 15.2 Å². The lowest BCUT2D eigenvalue weighted by Gasteiger charge is -2.11. The second-order valence-electron chi connectivity index (χ2n) is 6.20. The van der Waals surface area contributed by atoms with Crippen molar-refractivity contribution in [2.45, 2.75) is 6.92 Å². The van der Waals surface area contributed by atoms with Gasteiger partial charge in [0.1, 0.15) is 4.88 Å². The van der Waals surface area contributed by atoms with Crippen LogP contribution in [-0.2, 0) is 0 Å². The minimum absolute atomic E-state index is 0.147. The minimum atomic E-state index is -0.147. The summed E-state index contributed by atoms with van der Waals surface area (Å²) >= 11 is 7.63. The third-order valence-electron chi connectivity index (χ3n) is 4.35. The molecular formula is C22H17ClN2OS. The summed E-state index contributed by atoms with van der Waals surface area (Å²) in [5.74, 6) is -0.147. The van der Waals surface area contributed by atoms with Gasteiger partial charge in [-0.1, -0.05) is 48.0 Å². The van der Waals surface area contributed by atoms with E-state index >= 15 is 0 Å². The van der Waals surface area contributed by atoms with Crippen molar-refractivity contribution in [3.8, 4) is 16.8 Å². The SMILES string of the molecule is Cc1ccc(NC(=O)c2scc(-c3ccccc3)c2-n2cccc2)cc1Cl. The Hall–Kier alpha value is -2.82. The number of amides is 1. The molecule has 0 saturated carbocycles. The summed E-state index contributed by atoms with van der Waals surface area (Å²) in [6, 6.07) is 19.5. The Morgan fingerprint density at radius 1 is 1.04 bits per heavy atom. The molecule has 27 heavy (non-hydrogen) atoms. The van der Waals surface area contributed by atoms with Crippen LogP contribution < -0.4 is 5.32 Å². The Kier molecular flexibility index (Phi) is 4.84. The van der Waals surface area contributed by atoms with Crippen LogP contribution >= 0.6 is 22.9 Å². The van der Waals surface area contributed by atoms with Crippen molar-refractivity contribution < 1.29 is 4.79 Å². The van der Waals surface area contributed by atoms with Gasteiger partial charge in [0.25, 0.3) is 5.91 Å². The number of halogens is 1. The molecule has 0 bridgehead atoms. The van der Waals surface area contributed by atoms with Gasteiger partial charge in [-0.2, -0.15) is 0 Å². The van der Waals surface area contributed by atoms with Gasteiger partial charge < -0.3 is 9.88 Å². The minimum Gasteiger partial charge on any atom is -0.322 e. The smallest absolute Gasteiger partial charge is 0.267 e. The van der Waals surface area contributed by atoms with Crippen LogP contribution in [0, 0.1) is 6.92 Å². The van der Waals surface area contributed by atoms with Gasteiger partial charge in [-0.3, -0.25) is 4.79 Å². The fourth-order valence-electron chi connectivity index (χ4n) is 2.93. The number of carbonyl (C=O) groups is 1. The van der Waals surface area contributed by atoms with Crippen LogP contribution in [0.4, 0.5) is 5.69 Å². The molecular weight excluding hydrogens is 376 g/mol. The second kappa shape index (κ2) is 7.43. The fraction of sp³-hybridized carbons (Fsp3) is 0.0455. The molecule has 5 heteroatoms. The number of carbonyl (C=O) groups excluding carboxylic acids is 1. The van der Waals surface area contributed by atoms with E-state index in [-0.39, 0.29) is 5.91 Å². The molecule has 1 N–H and O–H groups in total. The zero-order valence-electron chi connectivity index (χ0n) is 14.6. The quantitative estimate of drug-likeness (QED) is 0.427. The van der Waals surface area contributed by atoms with Gasteiger partial charge in [-0.25, -0.2) is 0 Å². The molecule has 1 amide bonds. The zero-order chi connectivity index (χ0) is 18.8. The Morgan fingerprint density at radius 2 is 1.78 bits per heavy atom. The Bertz CT molecular complexity index is 1080. The largest absolute Gasteiger partial charge is 0.322 e. The number of anilines is 1. The van der Waals surface area contributed by atoms with Crippen molar-refractivity contribution in [3.63, 3.8) is 0 Å². The highest BCUT2D eigenvalue weighted by Gasteiger charge is 2.20. The van der Waals surface area contributed by atoms with Crippen molar-refractivity contribution in [3.05, 3.63) is 93.9 Å². The molecule has 2 heterocycles. The number of nitrogens with zero attached hydrogens (tertiary/aromatic N) is 1. The highest BCUT2D eigenvalue weighted by molar-refractivity contribution is 7.13. The van der Waals surface area contributed by atoms with Gasteiger partial charge in [0.2, 0.25) is 0 Å². The van der Waals surface area contributed by atoms with Crippen molar-refractivity contribution in [1.82, 2.24) is 4.57 Å². The van der Waals surface area contributed by atoms with Crippen molar-refractivity contribution in [2.75, 3.05) is 5.32 Å². The normalized spacial score (nSPS) is 10.7. The van der Waals surface area contributed by atoms with Crippen LogP contribution in [0.5, 0.6) is 0 Å². The van der Waals surface area contributed by atoms with Crippen molar-refractivity contribution >= 4 is 34.5 Å². The third kappa shape index (κ3) is 3.54. The number of aromatic nitrogens is 1. The maximum atomic E-state index is 13.0. The van der Waals surface area contributed by atoms with Gasteiger partial charge in [0.15, 0.2) is 0 Å². The molecule has 0 atom stereocenters. The van der Waals surface area contributed by atoms with E-state index in [1.165, 1.54) is 11.3 Å². The average Bonchev–Trinajstić information content (AvgIpc) is 3.34. The molecule has 4 rings (SSSR count). The van der Waals surface area contributed by atoms with Gasteiger partial charge in [-0.05, 0) is 42.3 Å². The third-order valence-corrected chi connectivity index (χ3v) is 5.72. The lowest BCUT2D eigenvalue weighted by atomic mass is 10.1. The molecule has 0 saturated heterocycles. The summed E-state index contributed by atoms with van der Waals surface area (Å²) in [5, 5.41) is 5.63. The van der Waals surface area contributed by atoms with Crippen LogP contribution in [0.3, 0.4) is 0 Å². The Morgan fingerprint density at radius 3 is 2.48 bits per heavy atom. The molecule has 0 spiro atoms. The molecule has 0 fully saturated rings. The number of thiophene rings is 1. The maximum Gasteiger partial charge on any atom is 0.267 e. The number of hydrogen-bond acceptors (Lipinski definition) is 2. The number of rotatable bonds is 4. The van der Waals surface area contributed by atoms with Gasteiger partial charge in [0.05, 0.1) is 5.69 Å². The van der Waals surface area contributed by atoms with Crippen LogP contribution in [0.2, 0.25) is 5.02 Å². The van der Waals surface area contributed by atoms with E-state index in [1.54, 1.807) is 6.07 Å². The summed E-state index contributed by atoms with van der Waals surface area (Å²) in [7, 11) is 0. The summed E-state index contributed by atoms with van der Waals surface area (Å²) in [6.07, 6.45) is 3.90. The Labute approximate surface area is 166 Å². The number of aryl methyl sites for hydroxylation is 1. The number of hydrogen-bond donors (Lipinski definition) is 1. The first kappa shape index (κ1) is 17.6. The molecule has 0 radical (unpaired) electrons. The first-order valence-electron chi connectivity index (χ1n) is 8.51. The maximum absolute atomic E-state index is 13.0. The summed E-state index contributed by atoms with van der Waals surface area (Å²) < 4.78 is 1.98. The molecule has 134 valence electrons. The van der Waals surface area contributed by atoms with Crippen LogP contribution in [0.15, 0.2) is 78.4 Å². The van der Waals surface area contributed by atoms with E-state index in [0.29, 0.717) is 15.6 Å². The lowest BCUT2D eigenvalue weighted by Crippen LogP contribution is -2.13. The van der Waals surface area contributed by atoms with Gasteiger partial charge in [-0.15, -0.1) is 11.3 Å². The number of benzene rings is 2. The van der Waals surface area contributed by atoms with Crippen molar-refractivity contribution in [2.24, 2.45) is 0 Å². The summed E-state index contributed by atoms with van der Waals surface area (Å²) in [5.41, 5.74) is 4.65. The first-order chi connectivity index (χ1) is 13.1. The first-order valence-corrected chi connectivity index (χ1v) is 9.77. The second-order valence-corrected chi connectivity index (χ2v) is 7.49. The van der Waals surface area contributed by atoms with E-state index < -0.39 is 0 Å². The highest BCUT2D eigenvalue weighted by atomic mass is 35.5. The van der Waals surface area contributed by atoms with E-state index in [4.69, 9.17) is 11.6 Å². The molecule has 0 aliphatic carbocycles. The molecule has 2 aromatic heterocycles. The summed E-state index contributed by atoms with van der Waals surface area (Å²) in [4.78, 5) is 13.7. The van der Waals surface area contributed by atoms with Crippen LogP contribution in [0.25, 0.3) is 16.8 Å². The monoisotopic (exact) mass is 392 g/mol. The molecule has 2 aromatic carbocycles. The molecule has 0 aliphatic rings. The van der Waals surface area contributed by atoms with Crippen molar-refractivity contribution in [1.29, 1.82) is 0 Å². The molecule has 4 aromatic rings. The zero-order valence-corrected chi connectivity index (χ0v) is 16.2. The predicted octanol–water partition coefficient (Wildman–Crippen LogP) is 6.42. The lowest BCUT2D eigenvalue weighted by molar-refractivity contribution is 0.103. The van der Waals surface area contributed by atoms with E-state index in [0.717, 1.165) is 22.4 Å². The predicted molar refractivity (Wildman–Crippen MR) is 113 cm³/mol. The molecule has 0 unspecified atom stereocenters. The Balaban J connectivity index is 1.75. The fourth-order valence-corrected chi connectivity index (χ4v) is 4.08. The van der Waals surface area contributed by atoms with E-state index in [9.17, 15) is 4.79 Å². The summed E-state index contributed by atoms with van der Waals surface area (Å²) in [6.45, 7) is 1.93. The molecule has 0 aliphatic heterocycles. The molecule has 3 nitrogen and oxygen atoms in total. The van der Waals surface area contributed by atoms with E-state index in [2.05, 4.69) is 17.4 Å². The standard InChI is InChI=1S/C22H17ClN2OS/c1-15-9-10-17(13-19(15)23)24-22(26)21-20(25-11-5-6-12-25)18(14-27-21)16-7-3-2-4-8-16/h2-14H,1H3,(H,24,26). The highest BCUT2D eigenvalue weighted by Crippen LogP contribution is 2.35. The van der Waals surface area contributed by atoms with Crippen LogP contribution in [-0.4, -0.2) is 10.5 Å². The van der Waals surface area contributed by atoms with Gasteiger partial charge >= 0.3 is 0 Å². The van der Waals surface area contributed by atoms with E-state index in [1.807, 2.05) is 71.7 Å². The topological polar surface area (TPSA) is 34.0 Å². The average molecular weight is 393 g/mol.